The lowest BCUT2D eigenvalue weighted by Gasteiger charge is -2.12. The largest absolute Gasteiger partial charge is 0.496 e. The van der Waals surface area contributed by atoms with Crippen LogP contribution in [0.25, 0.3) is 33.5 Å². The van der Waals surface area contributed by atoms with Crippen LogP contribution in [0.4, 0.5) is 5.69 Å². The molecule has 44 heavy (non-hydrogen) atoms. The summed E-state index contributed by atoms with van der Waals surface area (Å²) < 4.78 is 24.8. The van der Waals surface area contributed by atoms with Crippen LogP contribution >= 0.6 is 15.9 Å². The van der Waals surface area contributed by atoms with E-state index < -0.39 is 10.5 Å². The molecule has 220 valence electrons. The molecule has 6 rings (SSSR count). The number of aromatic nitrogens is 2. The van der Waals surface area contributed by atoms with Crippen LogP contribution in [0.3, 0.4) is 0 Å². The Morgan fingerprint density at radius 1 is 0.977 bits per heavy atom. The lowest BCUT2D eigenvalue weighted by Crippen LogP contribution is -2.20. The van der Waals surface area contributed by atoms with Gasteiger partial charge < -0.3 is 18.6 Å². The Labute approximate surface area is 258 Å². The van der Waals surface area contributed by atoms with Crippen molar-refractivity contribution in [1.82, 2.24) is 9.66 Å². The maximum absolute atomic E-state index is 13.7. The van der Waals surface area contributed by atoms with Crippen molar-refractivity contribution in [1.29, 1.82) is 0 Å². The summed E-state index contributed by atoms with van der Waals surface area (Å²) in [5.41, 5.74) is 1.32. The van der Waals surface area contributed by atoms with Crippen molar-refractivity contribution in [2.45, 2.75) is 6.61 Å². The van der Waals surface area contributed by atoms with Gasteiger partial charge in [-0.3, -0.25) is 14.9 Å². The van der Waals surface area contributed by atoms with E-state index in [0.717, 1.165) is 14.7 Å². The number of halogens is 1. The third-order valence-corrected chi connectivity index (χ3v) is 7.34. The van der Waals surface area contributed by atoms with Crippen molar-refractivity contribution in [3.05, 3.63) is 121 Å². The number of nitro benzene ring substituents is 1. The van der Waals surface area contributed by atoms with Gasteiger partial charge in [0.15, 0.2) is 11.5 Å². The second-order valence-corrected chi connectivity index (χ2v) is 10.5. The summed E-state index contributed by atoms with van der Waals surface area (Å²) in [5.74, 6) is 1.12. The van der Waals surface area contributed by atoms with E-state index in [2.05, 4.69) is 26.0 Å². The van der Waals surface area contributed by atoms with Gasteiger partial charge in [-0.2, -0.15) is 9.78 Å². The topological polar surface area (TPSA) is 131 Å². The summed E-state index contributed by atoms with van der Waals surface area (Å²) in [6.07, 6.45) is 1.32. The van der Waals surface area contributed by atoms with Gasteiger partial charge in [-0.05, 0) is 54.1 Å². The van der Waals surface area contributed by atoms with Gasteiger partial charge in [0.05, 0.1) is 41.6 Å². The highest BCUT2D eigenvalue weighted by Crippen LogP contribution is 2.39. The number of nitrogens with zero attached hydrogens (tertiary/aromatic N) is 4. The summed E-state index contributed by atoms with van der Waals surface area (Å²) in [7, 11) is 2.94. The maximum atomic E-state index is 13.7. The average molecular weight is 655 g/mol. The number of nitro groups is 1. The number of furan rings is 1. The van der Waals surface area contributed by atoms with E-state index in [1.54, 1.807) is 61.7 Å². The molecule has 0 fully saturated rings. The number of fused-ring (bicyclic) bond motifs is 2. The van der Waals surface area contributed by atoms with Gasteiger partial charge in [-0.15, -0.1) is 0 Å². The van der Waals surface area contributed by atoms with Crippen LogP contribution in [0, 0.1) is 10.1 Å². The molecule has 0 spiro atoms. The van der Waals surface area contributed by atoms with E-state index in [-0.39, 0.29) is 35.4 Å². The number of benzene rings is 4. The lowest BCUT2D eigenvalue weighted by molar-refractivity contribution is -0.386. The van der Waals surface area contributed by atoms with Crippen molar-refractivity contribution in [3.8, 4) is 28.8 Å². The van der Waals surface area contributed by atoms with Crippen LogP contribution < -0.4 is 19.8 Å². The Bertz CT molecular complexity index is 2120. The fourth-order valence-corrected chi connectivity index (χ4v) is 4.95. The molecule has 12 heteroatoms. The van der Waals surface area contributed by atoms with Crippen LogP contribution in [0.5, 0.6) is 17.2 Å². The number of methoxy groups -OCH3 is 2. The van der Waals surface area contributed by atoms with Crippen molar-refractivity contribution in [3.63, 3.8) is 0 Å². The summed E-state index contributed by atoms with van der Waals surface area (Å²) in [6.45, 7) is 0.0850. The van der Waals surface area contributed by atoms with Gasteiger partial charge >= 0.3 is 5.69 Å². The molecule has 0 bridgehead atoms. The van der Waals surface area contributed by atoms with Crippen molar-refractivity contribution in [2.75, 3.05) is 14.2 Å². The number of hydrogen-bond donors (Lipinski definition) is 0. The molecule has 11 nitrogen and oxygen atoms in total. The summed E-state index contributed by atoms with van der Waals surface area (Å²) >= 11 is 3.38. The Morgan fingerprint density at radius 3 is 2.50 bits per heavy atom. The predicted molar refractivity (Wildman–Crippen MR) is 169 cm³/mol. The Kier molecular flexibility index (Phi) is 7.82. The van der Waals surface area contributed by atoms with Gasteiger partial charge in [-0.25, -0.2) is 4.98 Å². The smallest absolute Gasteiger partial charge is 0.315 e. The minimum Gasteiger partial charge on any atom is -0.496 e. The van der Waals surface area contributed by atoms with Crippen LogP contribution in [-0.4, -0.2) is 35.0 Å². The number of ether oxygens (including phenoxy) is 3. The molecule has 0 N–H and O–H groups in total. The first-order chi connectivity index (χ1) is 21.4. The van der Waals surface area contributed by atoms with Gasteiger partial charge in [0.25, 0.3) is 5.56 Å². The molecule has 4 aromatic carbocycles. The molecule has 6 aromatic rings. The van der Waals surface area contributed by atoms with Gasteiger partial charge in [-0.1, -0.05) is 46.3 Å². The first kappa shape index (κ1) is 28.6. The van der Waals surface area contributed by atoms with E-state index in [0.29, 0.717) is 33.2 Å². The van der Waals surface area contributed by atoms with Gasteiger partial charge in [0.2, 0.25) is 11.6 Å². The van der Waals surface area contributed by atoms with Crippen LogP contribution in [-0.2, 0) is 6.61 Å². The normalized spacial score (nSPS) is 11.3. The average Bonchev–Trinajstić information content (AvgIpc) is 3.48. The third-order valence-electron chi connectivity index (χ3n) is 6.81. The highest BCUT2D eigenvalue weighted by molar-refractivity contribution is 9.10. The highest BCUT2D eigenvalue weighted by Gasteiger charge is 2.23. The molecule has 2 aromatic heterocycles. The van der Waals surface area contributed by atoms with Crippen LogP contribution in [0.15, 0.2) is 104 Å². The Hall–Kier alpha value is -5.49. The molecule has 0 saturated heterocycles. The van der Waals surface area contributed by atoms with Gasteiger partial charge in [0.1, 0.15) is 17.9 Å². The zero-order valence-electron chi connectivity index (χ0n) is 23.4. The fraction of sp³-hybridized carbons (Fsp3) is 0.0938. The fourth-order valence-electron chi connectivity index (χ4n) is 4.69. The lowest BCUT2D eigenvalue weighted by atomic mass is 10.1. The Balaban J connectivity index is 1.44. The van der Waals surface area contributed by atoms with E-state index in [1.165, 1.54) is 19.4 Å². The maximum Gasteiger partial charge on any atom is 0.315 e. The predicted octanol–water partition coefficient (Wildman–Crippen LogP) is 6.96. The molecule has 0 saturated carbocycles. The second kappa shape index (κ2) is 12.0. The minimum absolute atomic E-state index is 0.0287. The SMILES string of the molecule is COc1cc(C=Nn2c(-c3cc4c(OC)cccc4o3)nc3ccccc3c2=O)cc([N+](=O)[O-])c1OCc1ccc(Br)cc1. The molecule has 2 heterocycles. The quantitative estimate of drug-likeness (QED) is 0.0929. The minimum atomic E-state index is -0.562. The number of rotatable bonds is 9. The standard InChI is InChI=1S/C32H23BrN4O7/c1-41-26-8-5-9-27-23(26)16-29(44-27)31-35-24-7-4-3-6-22(24)32(38)36(31)34-17-20-14-25(37(39)40)30(28(15-20)42-2)43-18-19-10-12-21(33)13-11-19/h3-17H,18H2,1-2H3. The molecule has 0 aliphatic heterocycles. The molecule has 0 unspecified atom stereocenters. The summed E-state index contributed by atoms with van der Waals surface area (Å²) in [5, 5.41) is 17.5. The zero-order valence-corrected chi connectivity index (χ0v) is 25.0. The van der Waals surface area contributed by atoms with E-state index >= 15 is 0 Å². The number of hydrogen-bond acceptors (Lipinski definition) is 9. The van der Waals surface area contributed by atoms with Crippen molar-refractivity contribution in [2.24, 2.45) is 5.10 Å². The molecule has 0 atom stereocenters. The number of para-hydroxylation sites is 1. The molecule has 0 radical (unpaired) electrons. The summed E-state index contributed by atoms with van der Waals surface area (Å²) in [6, 6.07) is 24.2. The first-order valence-corrected chi connectivity index (χ1v) is 14.0. The Morgan fingerprint density at radius 2 is 1.75 bits per heavy atom. The molecular formula is C32H23BrN4O7. The summed E-state index contributed by atoms with van der Waals surface area (Å²) in [4.78, 5) is 29.9. The highest BCUT2D eigenvalue weighted by atomic mass is 79.9. The van der Waals surface area contributed by atoms with E-state index in [9.17, 15) is 14.9 Å². The zero-order chi connectivity index (χ0) is 30.8. The van der Waals surface area contributed by atoms with Crippen LogP contribution in [0.1, 0.15) is 11.1 Å². The first-order valence-electron chi connectivity index (χ1n) is 13.2. The van der Waals surface area contributed by atoms with Crippen molar-refractivity contribution >= 4 is 49.7 Å². The second-order valence-electron chi connectivity index (χ2n) is 9.54. The molecule has 0 amide bonds. The van der Waals surface area contributed by atoms with Gasteiger partial charge in [0, 0.05) is 16.1 Å². The van der Waals surface area contributed by atoms with E-state index in [1.807, 2.05) is 24.3 Å². The van der Waals surface area contributed by atoms with E-state index in [4.69, 9.17) is 18.6 Å². The van der Waals surface area contributed by atoms with Crippen molar-refractivity contribution < 1.29 is 23.6 Å². The molecule has 0 aliphatic carbocycles. The monoisotopic (exact) mass is 654 g/mol. The molecule has 0 aliphatic rings. The molecular weight excluding hydrogens is 632 g/mol. The third kappa shape index (κ3) is 5.50. The van der Waals surface area contributed by atoms with Crippen LogP contribution in [0.2, 0.25) is 0 Å².